The first kappa shape index (κ1) is 16.7. The van der Waals surface area contributed by atoms with E-state index in [-0.39, 0.29) is 6.42 Å². The van der Waals surface area contributed by atoms with Gasteiger partial charge in [-0.05, 0) is 37.7 Å². The Morgan fingerprint density at radius 3 is 2.45 bits per heavy atom. The standard InChI is InChI=1S/C15H25NO3Si/c1-19-20(2,3)13-7-11-16(12-10-15(17)18)14-8-5-4-6-9-14/h4-6,8-9H,7,10-13H2,1-3H3,(H,17,18). The van der Waals surface area contributed by atoms with Crippen LogP contribution in [0, 0.1) is 0 Å². The fraction of sp³-hybridized carbons (Fsp3) is 0.533. The third-order valence-electron chi connectivity index (χ3n) is 3.48. The van der Waals surface area contributed by atoms with Crippen LogP contribution in [0.5, 0.6) is 0 Å². The summed E-state index contributed by atoms with van der Waals surface area (Å²) in [7, 11) is 0.251. The van der Waals surface area contributed by atoms with Crippen molar-refractivity contribution in [3.05, 3.63) is 30.3 Å². The van der Waals surface area contributed by atoms with Gasteiger partial charge in [0.2, 0.25) is 0 Å². The Kier molecular flexibility index (Phi) is 6.74. The van der Waals surface area contributed by atoms with E-state index in [4.69, 9.17) is 9.53 Å². The van der Waals surface area contributed by atoms with Crippen molar-refractivity contribution in [1.29, 1.82) is 0 Å². The van der Waals surface area contributed by atoms with Crippen LogP contribution < -0.4 is 4.90 Å². The highest BCUT2D eigenvalue weighted by molar-refractivity contribution is 6.71. The Morgan fingerprint density at radius 1 is 1.25 bits per heavy atom. The summed E-state index contributed by atoms with van der Waals surface area (Å²) in [6.45, 7) is 5.83. The van der Waals surface area contributed by atoms with Gasteiger partial charge in [0.25, 0.3) is 0 Å². The highest BCUT2D eigenvalue weighted by Gasteiger charge is 2.20. The number of hydrogen-bond donors (Lipinski definition) is 1. The molecule has 0 atom stereocenters. The van der Waals surface area contributed by atoms with Crippen LogP contribution in [0.4, 0.5) is 5.69 Å². The molecule has 0 radical (unpaired) electrons. The van der Waals surface area contributed by atoms with Crippen LogP contribution in [-0.4, -0.2) is 39.6 Å². The summed E-state index contributed by atoms with van der Waals surface area (Å²) in [6.07, 6.45) is 1.20. The number of carbonyl (C=O) groups is 1. The number of nitrogens with zero attached hydrogens (tertiary/aromatic N) is 1. The first-order valence-corrected chi connectivity index (χ1v) is 10.1. The van der Waals surface area contributed by atoms with E-state index in [1.807, 2.05) is 30.3 Å². The lowest BCUT2D eigenvalue weighted by Gasteiger charge is -2.26. The van der Waals surface area contributed by atoms with Gasteiger partial charge in [0.05, 0.1) is 6.42 Å². The van der Waals surface area contributed by atoms with Crippen molar-refractivity contribution in [3.8, 4) is 0 Å². The Bertz CT molecular complexity index is 409. The molecule has 112 valence electrons. The molecule has 1 aromatic rings. The van der Waals surface area contributed by atoms with Crippen LogP contribution in [0.2, 0.25) is 19.1 Å². The van der Waals surface area contributed by atoms with Gasteiger partial charge in [-0.15, -0.1) is 0 Å². The SMILES string of the molecule is CO[Si](C)(C)CCCN(CCC(=O)O)c1ccccc1. The third-order valence-corrected chi connectivity index (χ3v) is 6.14. The van der Waals surface area contributed by atoms with E-state index in [0.717, 1.165) is 24.7 Å². The molecule has 5 heteroatoms. The zero-order chi connectivity index (χ0) is 15.0. The number of rotatable bonds is 9. The number of para-hydroxylation sites is 1. The summed E-state index contributed by atoms with van der Waals surface area (Å²) >= 11 is 0. The van der Waals surface area contributed by atoms with Gasteiger partial charge in [0, 0.05) is 25.9 Å². The molecule has 1 aromatic carbocycles. The molecule has 0 unspecified atom stereocenters. The van der Waals surface area contributed by atoms with E-state index in [0.29, 0.717) is 6.54 Å². The second-order valence-corrected chi connectivity index (χ2v) is 9.96. The maximum absolute atomic E-state index is 10.8. The van der Waals surface area contributed by atoms with E-state index in [9.17, 15) is 4.79 Å². The Balaban J connectivity index is 2.57. The molecule has 0 aromatic heterocycles. The van der Waals surface area contributed by atoms with Gasteiger partial charge >= 0.3 is 5.97 Å². The zero-order valence-corrected chi connectivity index (χ0v) is 13.6. The van der Waals surface area contributed by atoms with E-state index in [2.05, 4.69) is 18.0 Å². The average Bonchev–Trinajstić information content (AvgIpc) is 2.43. The lowest BCUT2D eigenvalue weighted by Crippen LogP contribution is -2.32. The van der Waals surface area contributed by atoms with Gasteiger partial charge in [-0.25, -0.2) is 0 Å². The molecule has 0 bridgehead atoms. The van der Waals surface area contributed by atoms with Crippen molar-refractivity contribution in [2.75, 3.05) is 25.1 Å². The lowest BCUT2D eigenvalue weighted by molar-refractivity contribution is -0.136. The van der Waals surface area contributed by atoms with Crippen molar-refractivity contribution >= 4 is 20.0 Å². The highest BCUT2D eigenvalue weighted by Crippen LogP contribution is 2.17. The van der Waals surface area contributed by atoms with Crippen LogP contribution in [0.25, 0.3) is 0 Å². The minimum Gasteiger partial charge on any atom is -0.481 e. The normalized spacial score (nSPS) is 11.3. The van der Waals surface area contributed by atoms with Gasteiger partial charge in [0.1, 0.15) is 0 Å². The van der Waals surface area contributed by atoms with E-state index in [1.54, 1.807) is 7.11 Å². The van der Waals surface area contributed by atoms with Crippen LogP contribution >= 0.6 is 0 Å². The molecule has 0 amide bonds. The van der Waals surface area contributed by atoms with Crippen LogP contribution in [0.3, 0.4) is 0 Å². The summed E-state index contributed by atoms with van der Waals surface area (Å²) in [6, 6.07) is 11.1. The first-order valence-electron chi connectivity index (χ1n) is 7.01. The molecule has 0 aliphatic carbocycles. The van der Waals surface area contributed by atoms with Crippen LogP contribution in [0.15, 0.2) is 30.3 Å². The molecule has 0 aliphatic rings. The molecular formula is C15H25NO3Si. The molecule has 0 heterocycles. The number of benzene rings is 1. The summed E-state index contributed by atoms with van der Waals surface area (Å²) in [4.78, 5) is 12.9. The highest BCUT2D eigenvalue weighted by atomic mass is 28.4. The Labute approximate surface area is 122 Å². The van der Waals surface area contributed by atoms with E-state index in [1.165, 1.54) is 0 Å². The predicted molar refractivity (Wildman–Crippen MR) is 84.8 cm³/mol. The number of hydrogen-bond acceptors (Lipinski definition) is 3. The maximum atomic E-state index is 10.8. The number of carboxylic acids is 1. The van der Waals surface area contributed by atoms with Gasteiger partial charge in [0.15, 0.2) is 8.32 Å². The quantitative estimate of drug-likeness (QED) is 0.711. The second-order valence-electron chi connectivity index (χ2n) is 5.53. The lowest BCUT2D eigenvalue weighted by atomic mass is 10.2. The molecule has 0 fully saturated rings. The molecule has 0 spiro atoms. The molecule has 1 N–H and O–H groups in total. The molecule has 4 nitrogen and oxygen atoms in total. The topological polar surface area (TPSA) is 49.8 Å². The van der Waals surface area contributed by atoms with Crippen LogP contribution in [-0.2, 0) is 9.22 Å². The van der Waals surface area contributed by atoms with E-state index < -0.39 is 14.3 Å². The fourth-order valence-corrected chi connectivity index (χ4v) is 3.25. The predicted octanol–water partition coefficient (Wildman–Crippen LogP) is 3.21. The van der Waals surface area contributed by atoms with E-state index >= 15 is 0 Å². The minimum absolute atomic E-state index is 0.167. The molecule has 0 saturated carbocycles. The summed E-state index contributed by atoms with van der Waals surface area (Å²) in [5, 5.41) is 8.86. The second kappa shape index (κ2) is 8.07. The third kappa shape index (κ3) is 6.21. The molecule has 0 aliphatic heterocycles. The summed E-state index contributed by atoms with van der Waals surface area (Å²) in [5.74, 6) is -0.752. The van der Waals surface area contributed by atoms with Gasteiger partial charge in [-0.1, -0.05) is 18.2 Å². The van der Waals surface area contributed by atoms with Crippen molar-refractivity contribution in [2.45, 2.75) is 32.0 Å². The zero-order valence-electron chi connectivity index (χ0n) is 12.6. The summed E-state index contributed by atoms with van der Waals surface area (Å²) in [5.41, 5.74) is 1.09. The average molecular weight is 295 g/mol. The molecular weight excluding hydrogens is 270 g/mol. The molecule has 20 heavy (non-hydrogen) atoms. The Hall–Kier alpha value is -1.33. The minimum atomic E-state index is -1.53. The van der Waals surface area contributed by atoms with Gasteiger partial charge in [-0.2, -0.15) is 0 Å². The van der Waals surface area contributed by atoms with Crippen molar-refractivity contribution < 1.29 is 14.3 Å². The largest absolute Gasteiger partial charge is 0.481 e. The van der Waals surface area contributed by atoms with Gasteiger partial charge in [-0.3, -0.25) is 4.79 Å². The van der Waals surface area contributed by atoms with Crippen molar-refractivity contribution in [3.63, 3.8) is 0 Å². The maximum Gasteiger partial charge on any atom is 0.305 e. The fourth-order valence-electron chi connectivity index (χ4n) is 2.04. The number of carboxylic acid groups (broad SMARTS) is 1. The molecule has 0 saturated heterocycles. The molecule has 1 rings (SSSR count). The number of aliphatic carboxylic acids is 1. The monoisotopic (exact) mass is 295 g/mol. The van der Waals surface area contributed by atoms with Crippen molar-refractivity contribution in [2.24, 2.45) is 0 Å². The smallest absolute Gasteiger partial charge is 0.305 e. The first-order chi connectivity index (χ1) is 9.44. The van der Waals surface area contributed by atoms with Crippen LogP contribution in [0.1, 0.15) is 12.8 Å². The summed E-state index contributed by atoms with van der Waals surface area (Å²) < 4.78 is 5.55. The number of anilines is 1. The van der Waals surface area contributed by atoms with Gasteiger partial charge < -0.3 is 14.4 Å². The van der Waals surface area contributed by atoms with Crippen molar-refractivity contribution in [1.82, 2.24) is 0 Å². The Morgan fingerprint density at radius 2 is 1.90 bits per heavy atom.